The van der Waals surface area contributed by atoms with Crippen LogP contribution in [0.25, 0.3) is 0 Å². The molecule has 0 spiro atoms. The molecule has 12 heavy (non-hydrogen) atoms. The van der Waals surface area contributed by atoms with Crippen molar-refractivity contribution in [2.24, 2.45) is 0 Å². The standard InChI is InChI=1S/C8H6Br2N2/c1-5(3-11)7-2-6(9)4-12-8(7)10/h2,4-5H,1H3. The number of halogens is 2. The molecule has 1 aromatic rings. The van der Waals surface area contributed by atoms with Crippen molar-refractivity contribution in [2.75, 3.05) is 0 Å². The predicted molar refractivity (Wildman–Crippen MR) is 53.7 cm³/mol. The molecule has 0 aliphatic heterocycles. The summed E-state index contributed by atoms with van der Waals surface area (Å²) in [4.78, 5) is 4.07. The molecule has 1 aromatic heterocycles. The fourth-order valence-electron chi connectivity index (χ4n) is 0.811. The van der Waals surface area contributed by atoms with Crippen LogP contribution in [0.4, 0.5) is 0 Å². The maximum atomic E-state index is 8.69. The molecule has 1 rings (SSSR count). The first-order chi connectivity index (χ1) is 5.65. The van der Waals surface area contributed by atoms with Gasteiger partial charge in [-0.15, -0.1) is 0 Å². The van der Waals surface area contributed by atoms with E-state index in [1.807, 2.05) is 13.0 Å². The number of aromatic nitrogens is 1. The van der Waals surface area contributed by atoms with Crippen molar-refractivity contribution < 1.29 is 0 Å². The second kappa shape index (κ2) is 4.01. The van der Waals surface area contributed by atoms with Crippen molar-refractivity contribution in [1.82, 2.24) is 4.98 Å². The van der Waals surface area contributed by atoms with E-state index in [1.54, 1.807) is 6.20 Å². The zero-order valence-electron chi connectivity index (χ0n) is 6.38. The highest BCUT2D eigenvalue weighted by atomic mass is 79.9. The summed E-state index contributed by atoms with van der Waals surface area (Å²) in [7, 11) is 0. The second-order valence-electron chi connectivity index (χ2n) is 2.38. The van der Waals surface area contributed by atoms with E-state index >= 15 is 0 Å². The third-order valence-corrected chi connectivity index (χ3v) is 2.59. The summed E-state index contributed by atoms with van der Waals surface area (Å²) in [5.41, 5.74) is 0.909. The van der Waals surface area contributed by atoms with Gasteiger partial charge >= 0.3 is 0 Å². The van der Waals surface area contributed by atoms with E-state index in [2.05, 4.69) is 42.9 Å². The average molecular weight is 290 g/mol. The summed E-state index contributed by atoms with van der Waals surface area (Å²) in [5.74, 6) is -0.135. The molecule has 1 atom stereocenters. The van der Waals surface area contributed by atoms with Gasteiger partial charge in [0.2, 0.25) is 0 Å². The van der Waals surface area contributed by atoms with Crippen LogP contribution in [0.15, 0.2) is 21.3 Å². The summed E-state index contributed by atoms with van der Waals surface area (Å²) in [5, 5.41) is 8.69. The first-order valence-electron chi connectivity index (χ1n) is 3.35. The van der Waals surface area contributed by atoms with Crippen LogP contribution in [0, 0.1) is 11.3 Å². The van der Waals surface area contributed by atoms with Crippen LogP contribution >= 0.6 is 31.9 Å². The molecule has 2 nitrogen and oxygen atoms in total. The first-order valence-corrected chi connectivity index (χ1v) is 4.94. The van der Waals surface area contributed by atoms with Crippen LogP contribution in [-0.4, -0.2) is 4.98 Å². The van der Waals surface area contributed by atoms with Crippen molar-refractivity contribution >= 4 is 31.9 Å². The van der Waals surface area contributed by atoms with Gasteiger partial charge in [-0.25, -0.2) is 4.98 Å². The molecule has 0 saturated carbocycles. The molecule has 0 N–H and O–H groups in total. The highest BCUT2D eigenvalue weighted by Gasteiger charge is 2.09. The minimum absolute atomic E-state index is 0.135. The summed E-state index contributed by atoms with van der Waals surface area (Å²) in [6.07, 6.45) is 1.69. The zero-order valence-corrected chi connectivity index (χ0v) is 9.55. The van der Waals surface area contributed by atoms with Crippen molar-refractivity contribution in [3.05, 3.63) is 26.9 Å². The lowest BCUT2D eigenvalue weighted by atomic mass is 10.1. The van der Waals surface area contributed by atoms with Crippen molar-refractivity contribution in [2.45, 2.75) is 12.8 Å². The van der Waals surface area contributed by atoms with E-state index < -0.39 is 0 Å². The Hall–Kier alpha value is -0.400. The SMILES string of the molecule is CC(C#N)c1cc(Br)cnc1Br. The van der Waals surface area contributed by atoms with Crippen molar-refractivity contribution in [3.8, 4) is 6.07 Å². The molecule has 0 aliphatic carbocycles. The molecular weight excluding hydrogens is 284 g/mol. The number of nitrogens with zero attached hydrogens (tertiary/aromatic N) is 2. The Morgan fingerprint density at radius 2 is 2.25 bits per heavy atom. The third kappa shape index (κ3) is 2.05. The highest BCUT2D eigenvalue weighted by molar-refractivity contribution is 9.11. The fraction of sp³-hybridized carbons (Fsp3) is 0.250. The van der Waals surface area contributed by atoms with Crippen LogP contribution in [0.2, 0.25) is 0 Å². The van der Waals surface area contributed by atoms with E-state index in [1.165, 1.54) is 0 Å². The maximum Gasteiger partial charge on any atom is 0.110 e. The van der Waals surface area contributed by atoms with Crippen molar-refractivity contribution in [3.63, 3.8) is 0 Å². The van der Waals surface area contributed by atoms with Gasteiger partial charge in [0.25, 0.3) is 0 Å². The number of nitriles is 1. The lowest BCUT2D eigenvalue weighted by molar-refractivity contribution is 0.951. The smallest absolute Gasteiger partial charge is 0.110 e. The predicted octanol–water partition coefficient (Wildman–Crippen LogP) is 3.23. The topological polar surface area (TPSA) is 36.7 Å². The number of rotatable bonds is 1. The summed E-state index contributed by atoms with van der Waals surface area (Å²) in [6, 6.07) is 4.05. The van der Waals surface area contributed by atoms with Gasteiger partial charge in [0.1, 0.15) is 4.60 Å². The van der Waals surface area contributed by atoms with Gasteiger partial charge < -0.3 is 0 Å². The molecule has 0 radical (unpaired) electrons. The van der Waals surface area contributed by atoms with Gasteiger partial charge in [0, 0.05) is 16.2 Å². The number of pyridine rings is 1. The largest absolute Gasteiger partial charge is 0.248 e. The maximum absolute atomic E-state index is 8.69. The van der Waals surface area contributed by atoms with Gasteiger partial charge in [0.05, 0.1) is 12.0 Å². The lowest BCUT2D eigenvalue weighted by Crippen LogP contribution is -1.93. The highest BCUT2D eigenvalue weighted by Crippen LogP contribution is 2.25. The molecule has 4 heteroatoms. The normalized spacial score (nSPS) is 12.2. The minimum atomic E-state index is -0.135. The molecule has 0 amide bonds. The Balaban J connectivity index is 3.15. The second-order valence-corrected chi connectivity index (χ2v) is 4.05. The monoisotopic (exact) mass is 288 g/mol. The summed E-state index contributed by atoms with van der Waals surface area (Å²) >= 11 is 6.59. The van der Waals surface area contributed by atoms with Crippen LogP contribution in [-0.2, 0) is 0 Å². The van der Waals surface area contributed by atoms with Crippen LogP contribution in [0.5, 0.6) is 0 Å². The Labute approximate surface area is 87.9 Å². The quantitative estimate of drug-likeness (QED) is 0.744. The van der Waals surface area contributed by atoms with Crippen LogP contribution in [0.1, 0.15) is 18.4 Å². The molecule has 1 heterocycles. The molecule has 0 saturated heterocycles. The summed E-state index contributed by atoms with van der Waals surface area (Å²) < 4.78 is 1.63. The van der Waals surface area contributed by atoms with E-state index in [0.29, 0.717) is 0 Å². The molecular formula is C8H6Br2N2. The molecule has 62 valence electrons. The molecule has 0 aromatic carbocycles. The Bertz CT molecular complexity index is 330. The zero-order chi connectivity index (χ0) is 9.14. The Kier molecular flexibility index (Phi) is 3.24. The van der Waals surface area contributed by atoms with E-state index in [9.17, 15) is 0 Å². The first kappa shape index (κ1) is 9.69. The van der Waals surface area contributed by atoms with Crippen molar-refractivity contribution in [1.29, 1.82) is 5.26 Å². The number of hydrogen-bond donors (Lipinski definition) is 0. The van der Waals surface area contributed by atoms with Gasteiger partial charge in [-0.1, -0.05) is 0 Å². The Morgan fingerprint density at radius 1 is 1.58 bits per heavy atom. The van der Waals surface area contributed by atoms with Gasteiger partial charge in [-0.05, 0) is 44.8 Å². The van der Waals surface area contributed by atoms with E-state index in [0.717, 1.165) is 14.6 Å². The molecule has 0 aliphatic rings. The summed E-state index contributed by atoms with van der Waals surface area (Å²) in [6.45, 7) is 1.84. The Morgan fingerprint density at radius 3 is 2.83 bits per heavy atom. The lowest BCUT2D eigenvalue weighted by Gasteiger charge is -2.04. The van der Waals surface area contributed by atoms with Gasteiger partial charge in [0.15, 0.2) is 0 Å². The van der Waals surface area contributed by atoms with Gasteiger partial charge in [-0.3, -0.25) is 0 Å². The molecule has 1 unspecified atom stereocenters. The van der Waals surface area contributed by atoms with Gasteiger partial charge in [-0.2, -0.15) is 5.26 Å². The van der Waals surface area contributed by atoms with Crippen LogP contribution < -0.4 is 0 Å². The van der Waals surface area contributed by atoms with Crippen LogP contribution in [0.3, 0.4) is 0 Å². The third-order valence-electron chi connectivity index (χ3n) is 1.49. The fourth-order valence-corrected chi connectivity index (χ4v) is 1.72. The van der Waals surface area contributed by atoms with E-state index in [4.69, 9.17) is 5.26 Å². The molecule has 0 bridgehead atoms. The number of hydrogen-bond acceptors (Lipinski definition) is 2. The average Bonchev–Trinajstić information content (AvgIpc) is 2.08. The molecule has 0 fully saturated rings. The minimum Gasteiger partial charge on any atom is -0.248 e. The van der Waals surface area contributed by atoms with E-state index in [-0.39, 0.29) is 5.92 Å².